The van der Waals surface area contributed by atoms with E-state index in [9.17, 15) is 0 Å². The van der Waals surface area contributed by atoms with Crippen molar-refractivity contribution >= 4 is 0 Å². The highest BCUT2D eigenvalue weighted by atomic mass is 15.5. The molecule has 0 bridgehead atoms. The van der Waals surface area contributed by atoms with Gasteiger partial charge in [-0.05, 0) is 61.9 Å². The topological polar surface area (TPSA) is 18.3 Å². The highest BCUT2D eigenvalue weighted by Crippen LogP contribution is 2.77. The van der Waals surface area contributed by atoms with E-state index in [-0.39, 0.29) is 0 Å². The molecule has 3 aliphatic carbocycles. The number of nitrogens with one attached hydrogen (secondary N) is 1. The SMILES string of the molecule is CCCC1C(C)C2(C3C4CC4C(N(C)CC)C3CC)C3N2CCNCC13C. The van der Waals surface area contributed by atoms with Crippen molar-refractivity contribution in [1.82, 2.24) is 15.1 Å². The van der Waals surface area contributed by atoms with Crippen LogP contribution in [0.2, 0.25) is 0 Å². The lowest BCUT2D eigenvalue weighted by Gasteiger charge is -2.42. The van der Waals surface area contributed by atoms with Gasteiger partial charge in [0.05, 0.1) is 0 Å². The molecular weight excluding hydrogens is 330 g/mol. The monoisotopic (exact) mass is 373 g/mol. The molecule has 0 aromatic heterocycles. The molecule has 2 heterocycles. The van der Waals surface area contributed by atoms with Crippen LogP contribution in [-0.4, -0.2) is 60.6 Å². The van der Waals surface area contributed by atoms with Gasteiger partial charge in [0.15, 0.2) is 0 Å². The first-order valence-corrected chi connectivity index (χ1v) is 12.2. The van der Waals surface area contributed by atoms with E-state index in [4.69, 9.17) is 0 Å². The molecule has 0 spiro atoms. The fourth-order valence-corrected chi connectivity index (χ4v) is 9.48. The highest BCUT2D eigenvalue weighted by molar-refractivity contribution is 5.38. The first-order chi connectivity index (χ1) is 13.0. The zero-order valence-electron chi connectivity index (χ0n) is 18.7. The van der Waals surface area contributed by atoms with Crippen molar-refractivity contribution in [2.24, 2.45) is 40.9 Å². The lowest BCUT2D eigenvalue weighted by atomic mass is 9.69. The third-order valence-corrected chi connectivity index (χ3v) is 10.3. The van der Waals surface area contributed by atoms with Gasteiger partial charge in [-0.1, -0.05) is 47.5 Å². The molecule has 5 aliphatic rings. The summed E-state index contributed by atoms with van der Waals surface area (Å²) in [6.07, 6.45) is 5.69. The summed E-state index contributed by atoms with van der Waals surface area (Å²) in [6, 6.07) is 1.72. The van der Waals surface area contributed by atoms with Crippen molar-refractivity contribution in [2.75, 3.05) is 33.2 Å². The van der Waals surface area contributed by atoms with Crippen LogP contribution in [0, 0.1) is 40.9 Å². The van der Waals surface area contributed by atoms with E-state index >= 15 is 0 Å². The van der Waals surface area contributed by atoms with E-state index < -0.39 is 0 Å². The van der Waals surface area contributed by atoms with Gasteiger partial charge in [0.1, 0.15) is 0 Å². The van der Waals surface area contributed by atoms with E-state index in [0.717, 1.165) is 47.6 Å². The van der Waals surface area contributed by atoms with Gasteiger partial charge in [0.25, 0.3) is 0 Å². The zero-order chi connectivity index (χ0) is 19.1. The van der Waals surface area contributed by atoms with E-state index in [2.05, 4.69) is 56.8 Å². The van der Waals surface area contributed by atoms with Gasteiger partial charge in [0, 0.05) is 42.7 Å². The third kappa shape index (κ3) is 2.15. The number of fused-ring (bicyclic) bond motifs is 2. The lowest BCUT2D eigenvalue weighted by molar-refractivity contribution is 0.0659. The Labute approximate surface area is 167 Å². The Morgan fingerprint density at radius 1 is 1.19 bits per heavy atom. The van der Waals surface area contributed by atoms with E-state index in [0.29, 0.717) is 11.0 Å². The number of hydrogen-bond donors (Lipinski definition) is 1. The summed E-state index contributed by atoms with van der Waals surface area (Å²) in [4.78, 5) is 5.74. The van der Waals surface area contributed by atoms with Gasteiger partial charge >= 0.3 is 0 Å². The number of piperidine rings is 1. The van der Waals surface area contributed by atoms with E-state index in [1.807, 2.05) is 0 Å². The van der Waals surface area contributed by atoms with Crippen LogP contribution in [-0.2, 0) is 0 Å². The number of nitrogens with zero attached hydrogens (tertiary/aromatic N) is 2. The molecule has 0 aromatic carbocycles. The largest absolute Gasteiger partial charge is 0.315 e. The Bertz CT molecular complexity index is 592. The van der Waals surface area contributed by atoms with Gasteiger partial charge in [-0.2, -0.15) is 0 Å². The van der Waals surface area contributed by atoms with Crippen molar-refractivity contribution in [3.8, 4) is 0 Å². The molecule has 2 aliphatic heterocycles. The molecule has 2 saturated heterocycles. The number of hydrogen-bond acceptors (Lipinski definition) is 3. The molecule has 5 fully saturated rings. The molecule has 11 unspecified atom stereocenters. The summed E-state index contributed by atoms with van der Waals surface area (Å²) in [5.74, 6) is 5.70. The normalized spacial score (nSPS) is 58.1. The summed E-state index contributed by atoms with van der Waals surface area (Å²) in [6.45, 7) is 17.5. The van der Waals surface area contributed by atoms with Crippen molar-refractivity contribution in [2.45, 2.75) is 77.9 Å². The van der Waals surface area contributed by atoms with Crippen LogP contribution >= 0.6 is 0 Å². The molecule has 3 nitrogen and oxygen atoms in total. The van der Waals surface area contributed by atoms with Crippen LogP contribution in [0.5, 0.6) is 0 Å². The summed E-state index contributed by atoms with van der Waals surface area (Å²) in [5.41, 5.74) is 1.03. The molecule has 0 amide bonds. The van der Waals surface area contributed by atoms with Gasteiger partial charge < -0.3 is 10.2 Å². The zero-order valence-corrected chi connectivity index (χ0v) is 18.7. The maximum absolute atomic E-state index is 3.83. The Hall–Kier alpha value is -0.120. The Balaban J connectivity index is 1.54. The fraction of sp³-hybridized carbons (Fsp3) is 1.00. The summed E-state index contributed by atoms with van der Waals surface area (Å²) >= 11 is 0. The van der Waals surface area contributed by atoms with Crippen LogP contribution in [0.3, 0.4) is 0 Å². The molecule has 5 rings (SSSR count). The van der Waals surface area contributed by atoms with Crippen LogP contribution in [0.1, 0.15) is 60.3 Å². The average molecular weight is 374 g/mol. The minimum atomic E-state index is 0.489. The maximum Gasteiger partial charge on any atom is 0.0437 e. The van der Waals surface area contributed by atoms with Crippen LogP contribution in [0.15, 0.2) is 0 Å². The second-order valence-corrected chi connectivity index (χ2v) is 11.1. The summed E-state index contributed by atoms with van der Waals surface area (Å²) in [5, 5.41) is 3.83. The molecule has 3 heteroatoms. The molecule has 1 N–H and O–H groups in total. The van der Waals surface area contributed by atoms with Crippen molar-refractivity contribution in [1.29, 1.82) is 0 Å². The second kappa shape index (κ2) is 6.19. The highest BCUT2D eigenvalue weighted by Gasteiger charge is 2.84. The van der Waals surface area contributed by atoms with Crippen molar-refractivity contribution in [3.63, 3.8) is 0 Å². The van der Waals surface area contributed by atoms with E-state index in [1.165, 1.54) is 51.9 Å². The second-order valence-electron chi connectivity index (χ2n) is 11.1. The quantitative estimate of drug-likeness (QED) is 0.716. The first-order valence-electron chi connectivity index (χ1n) is 12.2. The van der Waals surface area contributed by atoms with Crippen molar-refractivity contribution < 1.29 is 0 Å². The minimum absolute atomic E-state index is 0.489. The van der Waals surface area contributed by atoms with Crippen LogP contribution in [0.25, 0.3) is 0 Å². The summed E-state index contributed by atoms with van der Waals surface area (Å²) < 4.78 is 0. The molecule has 27 heavy (non-hydrogen) atoms. The number of rotatable bonds is 6. The molecule has 0 radical (unpaired) electrons. The van der Waals surface area contributed by atoms with E-state index in [1.54, 1.807) is 0 Å². The average Bonchev–Trinajstić information content (AvgIpc) is 3.54. The summed E-state index contributed by atoms with van der Waals surface area (Å²) in [7, 11) is 2.40. The molecule has 154 valence electrons. The molecular formula is C24H43N3. The minimum Gasteiger partial charge on any atom is -0.315 e. The van der Waals surface area contributed by atoms with Crippen LogP contribution in [0.4, 0.5) is 0 Å². The fourth-order valence-electron chi connectivity index (χ4n) is 9.48. The van der Waals surface area contributed by atoms with Crippen LogP contribution < -0.4 is 5.32 Å². The third-order valence-electron chi connectivity index (χ3n) is 10.3. The maximum atomic E-state index is 3.83. The predicted molar refractivity (Wildman–Crippen MR) is 113 cm³/mol. The van der Waals surface area contributed by atoms with Gasteiger partial charge in [-0.15, -0.1) is 0 Å². The Morgan fingerprint density at radius 3 is 2.63 bits per heavy atom. The van der Waals surface area contributed by atoms with Crippen molar-refractivity contribution in [3.05, 3.63) is 0 Å². The smallest absolute Gasteiger partial charge is 0.0437 e. The lowest BCUT2D eigenvalue weighted by Crippen LogP contribution is -2.46. The van der Waals surface area contributed by atoms with Gasteiger partial charge in [-0.3, -0.25) is 4.90 Å². The molecule has 11 atom stereocenters. The molecule has 0 aromatic rings. The predicted octanol–water partition coefficient (Wildman–Crippen LogP) is 3.70. The van der Waals surface area contributed by atoms with Gasteiger partial charge in [0.2, 0.25) is 0 Å². The Kier molecular flexibility index (Phi) is 4.33. The first kappa shape index (κ1) is 18.9. The van der Waals surface area contributed by atoms with Gasteiger partial charge in [-0.25, -0.2) is 0 Å². The standard InChI is InChI=1S/C24H43N3/c1-7-10-19-15(4)24(22-23(19,5)14-25-11-12-27(22)24)20-16(8-2)21(26(6)9-3)18-13-17(18)20/h15-22,25H,7-14H2,1-6H3. The molecule has 3 saturated carbocycles. The Morgan fingerprint density at radius 2 is 1.96 bits per heavy atom.